The van der Waals surface area contributed by atoms with Gasteiger partial charge in [-0.1, -0.05) is 0 Å². The van der Waals surface area contributed by atoms with Crippen LogP contribution in [0.4, 0.5) is 8.78 Å². The van der Waals surface area contributed by atoms with E-state index in [4.69, 9.17) is 10.5 Å². The molecular formula is C25H26ClF2N3O2. The number of aromatic nitrogens is 1. The second-order valence-electron chi connectivity index (χ2n) is 8.51. The van der Waals surface area contributed by atoms with Gasteiger partial charge in [-0.3, -0.25) is 4.79 Å². The largest absolute Gasteiger partial charge is 0.484 e. The number of benzene rings is 2. The lowest BCUT2D eigenvalue weighted by Gasteiger charge is -2.41. The van der Waals surface area contributed by atoms with Gasteiger partial charge in [0.25, 0.3) is 0 Å². The molecule has 174 valence electrons. The van der Waals surface area contributed by atoms with E-state index < -0.39 is 11.7 Å². The molecule has 3 N–H and O–H groups in total. The maximum Gasteiger partial charge on any atom is 0.249 e. The van der Waals surface area contributed by atoms with Crippen LogP contribution in [0.1, 0.15) is 47.2 Å². The number of rotatable bonds is 7. The summed E-state index contributed by atoms with van der Waals surface area (Å²) in [4.78, 5) is 17.3. The van der Waals surface area contributed by atoms with E-state index in [0.717, 1.165) is 54.4 Å². The molecule has 0 unspecified atom stereocenters. The lowest BCUT2D eigenvalue weighted by atomic mass is 9.90. The summed E-state index contributed by atoms with van der Waals surface area (Å²) >= 11 is 0. The van der Waals surface area contributed by atoms with Crippen molar-refractivity contribution in [2.45, 2.75) is 38.1 Å². The normalized spacial score (nSPS) is 15.2. The molecule has 1 aromatic heterocycles. The van der Waals surface area contributed by atoms with Crippen LogP contribution in [0.25, 0.3) is 17.0 Å². The molecule has 0 radical (unpaired) electrons. The predicted octanol–water partition coefficient (Wildman–Crippen LogP) is 5.19. The zero-order valence-corrected chi connectivity index (χ0v) is 18.9. The number of carbonyl (C=O) groups is 1. The van der Waals surface area contributed by atoms with Gasteiger partial charge >= 0.3 is 0 Å². The number of amides is 1. The minimum Gasteiger partial charge on any atom is -0.484 e. The fourth-order valence-corrected chi connectivity index (χ4v) is 4.66. The van der Waals surface area contributed by atoms with Crippen LogP contribution in [0.2, 0.25) is 0 Å². The van der Waals surface area contributed by atoms with E-state index in [0.29, 0.717) is 11.6 Å². The van der Waals surface area contributed by atoms with Gasteiger partial charge in [-0.15, -0.1) is 12.4 Å². The van der Waals surface area contributed by atoms with E-state index in [2.05, 4.69) is 9.88 Å². The van der Waals surface area contributed by atoms with Crippen molar-refractivity contribution in [3.8, 4) is 5.75 Å². The monoisotopic (exact) mass is 473 g/mol. The van der Waals surface area contributed by atoms with Crippen LogP contribution in [-0.2, 0) is 6.42 Å². The van der Waals surface area contributed by atoms with Gasteiger partial charge < -0.3 is 20.4 Å². The number of aryl methyl sites for hydroxylation is 1. The highest BCUT2D eigenvalue weighted by Crippen LogP contribution is 2.36. The average Bonchev–Trinajstić information content (AvgIpc) is 3.13. The zero-order chi connectivity index (χ0) is 22.2. The van der Waals surface area contributed by atoms with Crippen molar-refractivity contribution in [1.29, 1.82) is 0 Å². The lowest BCUT2D eigenvalue weighted by molar-refractivity contribution is 0.0999. The van der Waals surface area contributed by atoms with Crippen LogP contribution < -0.4 is 10.5 Å². The molecule has 1 aliphatic heterocycles. The number of carbonyl (C=O) groups excluding carboxylic acids is 1. The Morgan fingerprint density at radius 1 is 1.21 bits per heavy atom. The summed E-state index contributed by atoms with van der Waals surface area (Å²) in [5, 5.41) is 1.04. The number of fused-ring (bicyclic) bond motifs is 2. The van der Waals surface area contributed by atoms with E-state index in [1.165, 1.54) is 30.7 Å². The first-order valence-electron chi connectivity index (χ1n) is 11.0. The van der Waals surface area contributed by atoms with Gasteiger partial charge in [0.15, 0.2) is 11.6 Å². The number of nitrogens with two attached hydrogens (primary N) is 1. The quantitative estimate of drug-likeness (QED) is 0.496. The molecule has 0 atom stereocenters. The Kier molecular flexibility index (Phi) is 6.61. The molecule has 33 heavy (non-hydrogen) atoms. The molecule has 2 aliphatic rings. The molecule has 5 nitrogen and oxygen atoms in total. The Morgan fingerprint density at radius 2 is 2.03 bits per heavy atom. The Hall–Kier alpha value is -3.06. The Morgan fingerprint density at radius 3 is 2.76 bits per heavy atom. The highest BCUT2D eigenvalue weighted by molar-refractivity contribution is 5.98. The van der Waals surface area contributed by atoms with E-state index in [9.17, 15) is 13.6 Å². The Bertz CT molecular complexity index is 1220. The standard InChI is InChI=1S/C25H25F2N3O2.ClH/c26-16-6-7-19-15(13-29-23(19)11-16)3-2-10-30(17-4-1-5-17)18-12-21-20(25(28)31)8-9-22(27)24(21)32-14-18;/h6-9,11-13,17,29H,1-5,10,14H2,(H2,28,31);1H. The summed E-state index contributed by atoms with van der Waals surface area (Å²) in [6.45, 7) is 1.07. The molecular weight excluding hydrogens is 448 g/mol. The maximum absolute atomic E-state index is 14.2. The van der Waals surface area contributed by atoms with Crippen LogP contribution in [0.3, 0.4) is 0 Å². The van der Waals surface area contributed by atoms with Crippen molar-refractivity contribution in [3.05, 3.63) is 70.6 Å². The first kappa shape index (κ1) is 23.1. The Balaban J connectivity index is 0.00000259. The second kappa shape index (κ2) is 9.43. The van der Waals surface area contributed by atoms with E-state index in [1.54, 1.807) is 0 Å². The maximum atomic E-state index is 14.2. The molecule has 1 amide bonds. The van der Waals surface area contributed by atoms with Crippen molar-refractivity contribution in [2.75, 3.05) is 13.2 Å². The number of nitrogens with one attached hydrogen (secondary N) is 1. The van der Waals surface area contributed by atoms with Gasteiger partial charge in [0.1, 0.15) is 12.4 Å². The number of hydrogen-bond acceptors (Lipinski definition) is 3. The van der Waals surface area contributed by atoms with Crippen LogP contribution >= 0.6 is 12.4 Å². The van der Waals surface area contributed by atoms with Gasteiger partial charge in [-0.2, -0.15) is 0 Å². The predicted molar refractivity (Wildman–Crippen MR) is 127 cm³/mol. The summed E-state index contributed by atoms with van der Waals surface area (Å²) < 4.78 is 33.4. The molecule has 0 bridgehead atoms. The van der Waals surface area contributed by atoms with Crippen LogP contribution in [-0.4, -0.2) is 35.0 Å². The molecule has 2 heterocycles. The highest BCUT2D eigenvalue weighted by atomic mass is 35.5. The molecule has 2 aromatic carbocycles. The molecule has 1 saturated carbocycles. The van der Waals surface area contributed by atoms with Crippen LogP contribution in [0, 0.1) is 11.6 Å². The van der Waals surface area contributed by atoms with Crippen LogP contribution in [0.5, 0.6) is 5.75 Å². The van der Waals surface area contributed by atoms with Gasteiger partial charge in [-0.05, 0) is 74.1 Å². The third-order valence-corrected chi connectivity index (χ3v) is 6.55. The summed E-state index contributed by atoms with van der Waals surface area (Å²) in [6.07, 6.45) is 8.93. The first-order valence-corrected chi connectivity index (χ1v) is 11.0. The van der Waals surface area contributed by atoms with Gasteiger partial charge in [0.2, 0.25) is 5.91 Å². The number of hydrogen-bond donors (Lipinski definition) is 2. The van der Waals surface area contributed by atoms with Gasteiger partial charge in [0, 0.05) is 35.2 Å². The SMILES string of the molecule is Cl.NC(=O)c1ccc(F)c2c1C=C(N(CCCc1c[nH]c3cc(F)ccc13)C1CCC1)CO2. The number of aromatic amines is 1. The van der Waals surface area contributed by atoms with E-state index in [1.807, 2.05) is 18.3 Å². The summed E-state index contributed by atoms with van der Waals surface area (Å²) in [5.74, 6) is -1.26. The lowest BCUT2D eigenvalue weighted by Crippen LogP contribution is -2.42. The smallest absolute Gasteiger partial charge is 0.249 e. The van der Waals surface area contributed by atoms with Crippen molar-refractivity contribution < 1.29 is 18.3 Å². The second-order valence-corrected chi connectivity index (χ2v) is 8.51. The summed E-state index contributed by atoms with van der Waals surface area (Å²) in [6, 6.07) is 7.85. The minimum atomic E-state index is -0.603. The first-order chi connectivity index (χ1) is 15.5. The third-order valence-electron chi connectivity index (χ3n) is 6.55. The fourth-order valence-electron chi connectivity index (χ4n) is 4.66. The molecule has 1 fully saturated rings. The average molecular weight is 474 g/mol. The number of H-pyrrole nitrogens is 1. The summed E-state index contributed by atoms with van der Waals surface area (Å²) in [5.41, 5.74) is 9.09. The molecule has 0 saturated heterocycles. The fraction of sp³-hybridized carbons (Fsp3) is 0.320. The summed E-state index contributed by atoms with van der Waals surface area (Å²) in [7, 11) is 0. The Labute approximate surface area is 197 Å². The molecule has 5 rings (SSSR count). The highest BCUT2D eigenvalue weighted by Gasteiger charge is 2.30. The number of ether oxygens (including phenoxy) is 1. The number of halogens is 3. The zero-order valence-electron chi connectivity index (χ0n) is 18.1. The number of primary amides is 1. The minimum absolute atomic E-state index is 0. The van der Waals surface area contributed by atoms with Crippen molar-refractivity contribution in [2.24, 2.45) is 5.73 Å². The molecule has 3 aromatic rings. The topological polar surface area (TPSA) is 71.4 Å². The third kappa shape index (κ3) is 4.42. The van der Waals surface area contributed by atoms with Crippen molar-refractivity contribution in [1.82, 2.24) is 9.88 Å². The van der Waals surface area contributed by atoms with E-state index >= 15 is 0 Å². The molecule has 0 spiro atoms. The molecule has 1 aliphatic carbocycles. The molecule has 8 heteroatoms. The van der Waals surface area contributed by atoms with Crippen molar-refractivity contribution >= 4 is 35.3 Å². The van der Waals surface area contributed by atoms with Crippen LogP contribution in [0.15, 0.2) is 42.2 Å². The number of nitrogens with zero attached hydrogens (tertiary/aromatic N) is 1. The van der Waals surface area contributed by atoms with Gasteiger partial charge in [-0.25, -0.2) is 8.78 Å². The van der Waals surface area contributed by atoms with Crippen molar-refractivity contribution in [3.63, 3.8) is 0 Å². The van der Waals surface area contributed by atoms with Gasteiger partial charge in [0.05, 0.1) is 11.3 Å². The van der Waals surface area contributed by atoms with E-state index in [-0.39, 0.29) is 36.1 Å².